The topological polar surface area (TPSA) is 18.5 Å². The molecule has 0 aliphatic carbocycles. The van der Waals surface area contributed by atoms with Gasteiger partial charge in [-0.2, -0.15) is 0 Å². The van der Waals surface area contributed by atoms with E-state index in [1.807, 2.05) is 13.8 Å². The molecule has 0 radical (unpaired) electrons. The molecule has 102 valence electrons. The summed E-state index contributed by atoms with van der Waals surface area (Å²) < 4.78 is 11.1. The highest BCUT2D eigenvalue weighted by atomic mass is 16.5. The standard InChI is InChI=1S/C16H26O2/c1-6-17-11-13-8-9-15(16(3,4)5)10-14(13)12-18-7-2/h8-10H,6-7,11-12H2,1-5H3. The van der Waals surface area contributed by atoms with Gasteiger partial charge in [0.2, 0.25) is 0 Å². The molecule has 0 saturated carbocycles. The summed E-state index contributed by atoms with van der Waals surface area (Å²) in [5.74, 6) is 0. The van der Waals surface area contributed by atoms with Gasteiger partial charge in [-0.05, 0) is 36.0 Å². The maximum atomic E-state index is 5.55. The SMILES string of the molecule is CCOCc1ccc(C(C)(C)C)cc1COCC. The largest absolute Gasteiger partial charge is 0.377 e. The molecule has 2 nitrogen and oxygen atoms in total. The monoisotopic (exact) mass is 250 g/mol. The predicted molar refractivity (Wildman–Crippen MR) is 75.8 cm³/mol. The van der Waals surface area contributed by atoms with E-state index >= 15 is 0 Å². The Morgan fingerprint density at radius 1 is 0.889 bits per heavy atom. The second-order valence-corrected chi connectivity index (χ2v) is 5.51. The van der Waals surface area contributed by atoms with Crippen LogP contribution in [0.15, 0.2) is 18.2 Å². The fourth-order valence-electron chi connectivity index (χ4n) is 1.79. The number of rotatable bonds is 6. The van der Waals surface area contributed by atoms with Crippen LogP contribution in [0, 0.1) is 0 Å². The highest BCUT2D eigenvalue weighted by Gasteiger charge is 2.15. The van der Waals surface area contributed by atoms with Gasteiger partial charge in [0, 0.05) is 13.2 Å². The van der Waals surface area contributed by atoms with Crippen LogP contribution < -0.4 is 0 Å². The van der Waals surface area contributed by atoms with Crippen molar-refractivity contribution in [1.29, 1.82) is 0 Å². The molecule has 0 aromatic heterocycles. The zero-order valence-corrected chi connectivity index (χ0v) is 12.4. The fraction of sp³-hybridized carbons (Fsp3) is 0.625. The Balaban J connectivity index is 2.96. The third-order valence-corrected chi connectivity index (χ3v) is 3.00. The number of hydrogen-bond acceptors (Lipinski definition) is 2. The maximum absolute atomic E-state index is 5.55. The third-order valence-electron chi connectivity index (χ3n) is 3.00. The quantitative estimate of drug-likeness (QED) is 0.758. The first kappa shape index (κ1) is 15.2. The summed E-state index contributed by atoms with van der Waals surface area (Å²) in [5, 5.41) is 0. The highest BCUT2D eigenvalue weighted by Crippen LogP contribution is 2.25. The lowest BCUT2D eigenvalue weighted by Crippen LogP contribution is -2.12. The van der Waals surface area contributed by atoms with Gasteiger partial charge in [-0.25, -0.2) is 0 Å². The van der Waals surface area contributed by atoms with Crippen LogP contribution >= 0.6 is 0 Å². The summed E-state index contributed by atoms with van der Waals surface area (Å²) in [6, 6.07) is 6.62. The molecule has 0 N–H and O–H groups in total. The van der Waals surface area contributed by atoms with Gasteiger partial charge in [0.25, 0.3) is 0 Å². The van der Waals surface area contributed by atoms with Crippen molar-refractivity contribution < 1.29 is 9.47 Å². The van der Waals surface area contributed by atoms with Gasteiger partial charge in [-0.1, -0.05) is 39.0 Å². The molecule has 18 heavy (non-hydrogen) atoms. The molecule has 0 fully saturated rings. The minimum absolute atomic E-state index is 0.172. The van der Waals surface area contributed by atoms with Gasteiger partial charge in [0.05, 0.1) is 13.2 Å². The van der Waals surface area contributed by atoms with E-state index in [1.165, 1.54) is 16.7 Å². The van der Waals surface area contributed by atoms with Gasteiger partial charge in [-0.15, -0.1) is 0 Å². The molecule has 0 bridgehead atoms. The van der Waals surface area contributed by atoms with E-state index in [2.05, 4.69) is 39.0 Å². The number of ether oxygens (including phenoxy) is 2. The van der Waals surface area contributed by atoms with Gasteiger partial charge in [0.15, 0.2) is 0 Å². The lowest BCUT2D eigenvalue weighted by molar-refractivity contribution is 0.119. The van der Waals surface area contributed by atoms with Crippen molar-refractivity contribution in [2.24, 2.45) is 0 Å². The van der Waals surface area contributed by atoms with Crippen molar-refractivity contribution in [3.05, 3.63) is 34.9 Å². The molecular weight excluding hydrogens is 224 g/mol. The van der Waals surface area contributed by atoms with Crippen molar-refractivity contribution in [3.8, 4) is 0 Å². The summed E-state index contributed by atoms with van der Waals surface area (Å²) in [7, 11) is 0. The van der Waals surface area contributed by atoms with E-state index in [0.717, 1.165) is 13.2 Å². The van der Waals surface area contributed by atoms with E-state index in [9.17, 15) is 0 Å². The maximum Gasteiger partial charge on any atom is 0.0720 e. The van der Waals surface area contributed by atoms with Crippen LogP contribution in [0.3, 0.4) is 0 Å². The molecule has 0 spiro atoms. The lowest BCUT2D eigenvalue weighted by Gasteiger charge is -2.21. The first-order chi connectivity index (χ1) is 8.49. The molecule has 1 aromatic carbocycles. The van der Waals surface area contributed by atoms with Gasteiger partial charge in [-0.3, -0.25) is 0 Å². The first-order valence-electron chi connectivity index (χ1n) is 6.76. The molecule has 0 amide bonds. The van der Waals surface area contributed by atoms with Gasteiger partial charge >= 0.3 is 0 Å². The van der Waals surface area contributed by atoms with Crippen molar-refractivity contribution in [3.63, 3.8) is 0 Å². The van der Waals surface area contributed by atoms with Crippen LogP contribution in [0.4, 0.5) is 0 Å². The Morgan fingerprint density at radius 3 is 1.94 bits per heavy atom. The van der Waals surface area contributed by atoms with Gasteiger partial charge in [0.1, 0.15) is 0 Å². The Labute approximate surface area is 111 Å². The minimum atomic E-state index is 0.172. The van der Waals surface area contributed by atoms with E-state index in [4.69, 9.17) is 9.47 Å². The van der Waals surface area contributed by atoms with E-state index < -0.39 is 0 Å². The van der Waals surface area contributed by atoms with Crippen LogP contribution in [0.25, 0.3) is 0 Å². The van der Waals surface area contributed by atoms with Crippen LogP contribution in [0.2, 0.25) is 0 Å². The van der Waals surface area contributed by atoms with Crippen molar-refractivity contribution in [2.45, 2.75) is 53.2 Å². The second kappa shape index (κ2) is 6.91. The third kappa shape index (κ3) is 4.43. The van der Waals surface area contributed by atoms with Crippen LogP contribution in [0.1, 0.15) is 51.3 Å². The van der Waals surface area contributed by atoms with E-state index in [-0.39, 0.29) is 5.41 Å². The zero-order valence-electron chi connectivity index (χ0n) is 12.4. The zero-order chi connectivity index (χ0) is 13.6. The summed E-state index contributed by atoms with van der Waals surface area (Å²) in [5.41, 5.74) is 4.00. The Hall–Kier alpha value is -0.860. The molecular formula is C16H26O2. The minimum Gasteiger partial charge on any atom is -0.377 e. The molecule has 0 aliphatic rings. The Bertz CT molecular complexity index is 364. The number of hydrogen-bond donors (Lipinski definition) is 0. The van der Waals surface area contributed by atoms with Gasteiger partial charge < -0.3 is 9.47 Å². The fourth-order valence-corrected chi connectivity index (χ4v) is 1.79. The van der Waals surface area contributed by atoms with Crippen molar-refractivity contribution >= 4 is 0 Å². The van der Waals surface area contributed by atoms with E-state index in [0.29, 0.717) is 13.2 Å². The molecule has 0 aliphatic heterocycles. The van der Waals surface area contributed by atoms with Crippen molar-refractivity contribution in [2.75, 3.05) is 13.2 Å². The summed E-state index contributed by atoms with van der Waals surface area (Å²) >= 11 is 0. The van der Waals surface area contributed by atoms with Crippen LogP contribution in [0.5, 0.6) is 0 Å². The molecule has 1 aromatic rings. The predicted octanol–water partition coefficient (Wildman–Crippen LogP) is 4.06. The molecule has 0 unspecified atom stereocenters. The van der Waals surface area contributed by atoms with E-state index in [1.54, 1.807) is 0 Å². The summed E-state index contributed by atoms with van der Waals surface area (Å²) in [6.07, 6.45) is 0. The molecule has 1 rings (SSSR count). The van der Waals surface area contributed by atoms with Crippen LogP contribution in [-0.2, 0) is 28.1 Å². The first-order valence-corrected chi connectivity index (χ1v) is 6.76. The molecule has 2 heteroatoms. The molecule has 0 heterocycles. The highest BCUT2D eigenvalue weighted by molar-refractivity contribution is 5.34. The normalized spacial score (nSPS) is 11.8. The Morgan fingerprint density at radius 2 is 1.44 bits per heavy atom. The van der Waals surface area contributed by atoms with Crippen LogP contribution in [-0.4, -0.2) is 13.2 Å². The summed E-state index contributed by atoms with van der Waals surface area (Å²) in [4.78, 5) is 0. The average Bonchev–Trinajstić information content (AvgIpc) is 2.33. The number of benzene rings is 1. The second-order valence-electron chi connectivity index (χ2n) is 5.51. The average molecular weight is 250 g/mol. The lowest BCUT2D eigenvalue weighted by atomic mass is 9.85. The Kier molecular flexibility index (Phi) is 5.83. The smallest absolute Gasteiger partial charge is 0.0720 e. The van der Waals surface area contributed by atoms with Crippen molar-refractivity contribution in [1.82, 2.24) is 0 Å². The molecule has 0 saturated heterocycles. The molecule has 0 atom stereocenters. The summed E-state index contributed by atoms with van der Waals surface area (Å²) in [6.45, 7) is 13.6.